The second kappa shape index (κ2) is 6.11. The van der Waals surface area contributed by atoms with Crippen molar-refractivity contribution in [3.05, 3.63) is 35.7 Å². The summed E-state index contributed by atoms with van der Waals surface area (Å²) < 4.78 is 7.29. The van der Waals surface area contributed by atoms with Gasteiger partial charge in [0.2, 0.25) is 0 Å². The highest BCUT2D eigenvalue weighted by Gasteiger charge is 2.05. The molecule has 0 saturated carbocycles. The van der Waals surface area contributed by atoms with Gasteiger partial charge in [0.15, 0.2) is 5.82 Å². The maximum Gasteiger partial charge on any atom is 0.189 e. The van der Waals surface area contributed by atoms with Crippen molar-refractivity contribution < 1.29 is 4.74 Å². The Kier molecular flexibility index (Phi) is 4.25. The molecule has 2 aromatic rings. The summed E-state index contributed by atoms with van der Waals surface area (Å²) in [5.41, 5.74) is 6.76. The summed E-state index contributed by atoms with van der Waals surface area (Å²) in [7, 11) is 0. The molecule has 1 aromatic carbocycles. The van der Waals surface area contributed by atoms with E-state index in [9.17, 15) is 0 Å². The van der Waals surface area contributed by atoms with Crippen molar-refractivity contribution in [1.29, 1.82) is 0 Å². The predicted molar refractivity (Wildman–Crippen MR) is 67.0 cm³/mol. The summed E-state index contributed by atoms with van der Waals surface area (Å²) in [5.74, 6) is 1.49. The van der Waals surface area contributed by atoms with Crippen LogP contribution in [0.4, 0.5) is 0 Å². The van der Waals surface area contributed by atoms with E-state index < -0.39 is 0 Å². The molecule has 0 unspecified atom stereocenters. The maximum atomic E-state index is 5.63. The molecule has 18 heavy (non-hydrogen) atoms. The molecule has 96 valence electrons. The summed E-state index contributed by atoms with van der Waals surface area (Å²) >= 11 is 0. The smallest absolute Gasteiger partial charge is 0.189 e. The fourth-order valence-corrected chi connectivity index (χ4v) is 1.59. The summed E-state index contributed by atoms with van der Waals surface area (Å²) in [6.07, 6.45) is 1.02. The molecule has 6 heteroatoms. The van der Waals surface area contributed by atoms with Crippen molar-refractivity contribution in [2.75, 3.05) is 6.54 Å². The third-order valence-electron chi connectivity index (χ3n) is 2.65. The third kappa shape index (κ3) is 3.04. The molecule has 0 spiro atoms. The molecule has 0 saturated heterocycles. The van der Waals surface area contributed by atoms with E-state index in [1.54, 1.807) is 4.68 Å². The number of aryl methyl sites for hydroxylation is 1. The van der Waals surface area contributed by atoms with E-state index in [0.717, 1.165) is 12.2 Å². The molecule has 0 aliphatic carbocycles. The van der Waals surface area contributed by atoms with Crippen LogP contribution in [0.15, 0.2) is 24.3 Å². The number of rotatable bonds is 6. The number of benzene rings is 1. The highest BCUT2D eigenvalue weighted by Crippen LogP contribution is 2.13. The van der Waals surface area contributed by atoms with Crippen molar-refractivity contribution in [2.45, 2.75) is 26.5 Å². The van der Waals surface area contributed by atoms with Gasteiger partial charge in [-0.15, -0.1) is 5.10 Å². The quantitative estimate of drug-likeness (QED) is 0.815. The van der Waals surface area contributed by atoms with E-state index in [4.69, 9.17) is 10.5 Å². The topological polar surface area (TPSA) is 78.9 Å². The lowest BCUT2D eigenvalue weighted by Gasteiger charge is -2.06. The van der Waals surface area contributed by atoms with Crippen LogP contribution in [0.5, 0.6) is 5.75 Å². The van der Waals surface area contributed by atoms with Gasteiger partial charge < -0.3 is 10.5 Å². The minimum Gasteiger partial charge on any atom is -0.486 e. The van der Waals surface area contributed by atoms with Crippen LogP contribution in [0.3, 0.4) is 0 Å². The first-order chi connectivity index (χ1) is 8.83. The van der Waals surface area contributed by atoms with Crippen molar-refractivity contribution in [1.82, 2.24) is 20.2 Å². The average Bonchev–Trinajstić information content (AvgIpc) is 2.85. The summed E-state index contributed by atoms with van der Waals surface area (Å²) in [6.45, 7) is 3.57. The van der Waals surface area contributed by atoms with Gasteiger partial charge in [-0.3, -0.25) is 0 Å². The first-order valence-corrected chi connectivity index (χ1v) is 6.00. The molecule has 6 nitrogen and oxygen atoms in total. The lowest BCUT2D eigenvalue weighted by atomic mass is 10.2. The van der Waals surface area contributed by atoms with Gasteiger partial charge in [0.1, 0.15) is 12.4 Å². The summed E-state index contributed by atoms with van der Waals surface area (Å²) in [5, 5.41) is 11.4. The summed E-state index contributed by atoms with van der Waals surface area (Å²) in [6, 6.07) is 8.02. The predicted octanol–water partition coefficient (Wildman–Crippen LogP) is 0.773. The number of tetrazole rings is 1. The van der Waals surface area contributed by atoms with Gasteiger partial charge in [-0.05, 0) is 34.5 Å². The zero-order valence-corrected chi connectivity index (χ0v) is 10.4. The van der Waals surface area contributed by atoms with E-state index in [-0.39, 0.29) is 0 Å². The monoisotopic (exact) mass is 247 g/mol. The number of hydrogen-bond donors (Lipinski definition) is 1. The number of aromatic nitrogens is 4. The molecule has 0 aliphatic heterocycles. The molecule has 1 heterocycles. The maximum absolute atomic E-state index is 5.63. The van der Waals surface area contributed by atoms with Gasteiger partial charge >= 0.3 is 0 Å². The molecule has 2 rings (SSSR count). The fraction of sp³-hybridized carbons (Fsp3) is 0.417. The van der Waals surface area contributed by atoms with Crippen LogP contribution in [-0.4, -0.2) is 26.8 Å². The SMILES string of the molecule is CCc1ccc(OCc2nnnn2CCN)cc1. The first-order valence-electron chi connectivity index (χ1n) is 6.00. The number of ether oxygens (including phenoxy) is 1. The van der Waals surface area contributed by atoms with Crippen LogP contribution >= 0.6 is 0 Å². The van der Waals surface area contributed by atoms with Crippen molar-refractivity contribution in [2.24, 2.45) is 5.73 Å². The van der Waals surface area contributed by atoms with Crippen LogP contribution in [0, 0.1) is 0 Å². The van der Waals surface area contributed by atoms with E-state index in [1.165, 1.54) is 5.56 Å². The minimum absolute atomic E-state index is 0.346. The Morgan fingerprint density at radius 3 is 2.72 bits per heavy atom. The minimum atomic E-state index is 0.346. The second-order valence-corrected chi connectivity index (χ2v) is 3.89. The van der Waals surface area contributed by atoms with E-state index in [2.05, 4.69) is 34.6 Å². The third-order valence-corrected chi connectivity index (χ3v) is 2.65. The van der Waals surface area contributed by atoms with Gasteiger partial charge in [-0.25, -0.2) is 4.68 Å². The van der Waals surface area contributed by atoms with E-state index in [0.29, 0.717) is 25.5 Å². The lowest BCUT2D eigenvalue weighted by molar-refractivity contribution is 0.286. The fourth-order valence-electron chi connectivity index (χ4n) is 1.59. The van der Waals surface area contributed by atoms with Crippen LogP contribution in [0.2, 0.25) is 0 Å². The van der Waals surface area contributed by atoms with Gasteiger partial charge in [-0.1, -0.05) is 19.1 Å². The van der Waals surface area contributed by atoms with Gasteiger partial charge in [0.25, 0.3) is 0 Å². The Hall–Kier alpha value is -1.95. The molecule has 0 fully saturated rings. The number of hydrogen-bond acceptors (Lipinski definition) is 5. The standard InChI is InChI=1S/C12H17N5O/c1-2-10-3-5-11(6-4-10)18-9-12-14-15-16-17(12)8-7-13/h3-6H,2,7-9,13H2,1H3. The van der Waals surface area contributed by atoms with Crippen LogP contribution in [0.1, 0.15) is 18.3 Å². The number of nitrogens with two attached hydrogens (primary N) is 1. The lowest BCUT2D eigenvalue weighted by Crippen LogP contribution is -2.15. The Bertz CT molecular complexity index is 479. The van der Waals surface area contributed by atoms with Crippen molar-refractivity contribution >= 4 is 0 Å². The Morgan fingerprint density at radius 1 is 1.28 bits per heavy atom. The summed E-state index contributed by atoms with van der Waals surface area (Å²) in [4.78, 5) is 0. The highest BCUT2D eigenvalue weighted by molar-refractivity contribution is 5.27. The largest absolute Gasteiger partial charge is 0.486 e. The zero-order chi connectivity index (χ0) is 12.8. The molecule has 2 N–H and O–H groups in total. The molecular weight excluding hydrogens is 230 g/mol. The Labute approximate surface area is 106 Å². The van der Waals surface area contributed by atoms with Crippen molar-refractivity contribution in [3.63, 3.8) is 0 Å². The molecule has 0 aliphatic rings. The molecule has 0 atom stereocenters. The van der Waals surface area contributed by atoms with Crippen molar-refractivity contribution in [3.8, 4) is 5.75 Å². The molecule has 1 aromatic heterocycles. The van der Waals surface area contributed by atoms with E-state index >= 15 is 0 Å². The Morgan fingerprint density at radius 2 is 2.06 bits per heavy atom. The number of nitrogens with zero attached hydrogens (tertiary/aromatic N) is 4. The zero-order valence-electron chi connectivity index (χ0n) is 10.4. The van der Waals surface area contributed by atoms with Crippen LogP contribution < -0.4 is 10.5 Å². The Balaban J connectivity index is 1.95. The van der Waals surface area contributed by atoms with Gasteiger partial charge in [0.05, 0.1) is 6.54 Å². The second-order valence-electron chi connectivity index (χ2n) is 3.89. The molecule has 0 radical (unpaired) electrons. The van der Waals surface area contributed by atoms with E-state index in [1.807, 2.05) is 12.1 Å². The van der Waals surface area contributed by atoms with Gasteiger partial charge in [0, 0.05) is 6.54 Å². The first kappa shape index (κ1) is 12.5. The molecule has 0 amide bonds. The molecule has 0 bridgehead atoms. The highest BCUT2D eigenvalue weighted by atomic mass is 16.5. The normalized spacial score (nSPS) is 10.6. The molecular formula is C12H17N5O. The van der Waals surface area contributed by atoms with Crippen LogP contribution in [0.25, 0.3) is 0 Å². The average molecular weight is 247 g/mol. The van der Waals surface area contributed by atoms with Gasteiger partial charge in [-0.2, -0.15) is 0 Å². The van der Waals surface area contributed by atoms with Crippen LogP contribution in [-0.2, 0) is 19.6 Å².